The lowest BCUT2D eigenvalue weighted by molar-refractivity contribution is 0.500. The first-order valence-electron chi connectivity index (χ1n) is 7.02. The van der Waals surface area contributed by atoms with Gasteiger partial charge in [-0.25, -0.2) is 0 Å². The Kier molecular flexibility index (Phi) is 3.93. The Labute approximate surface area is 121 Å². The molecule has 1 aliphatic rings. The molecule has 1 aliphatic heterocycles. The lowest BCUT2D eigenvalue weighted by Crippen LogP contribution is -2.43. The van der Waals surface area contributed by atoms with E-state index in [2.05, 4.69) is 36.6 Å². The van der Waals surface area contributed by atoms with Crippen LogP contribution in [0.25, 0.3) is 10.7 Å². The summed E-state index contributed by atoms with van der Waals surface area (Å²) in [5, 5.41) is 11.5. The molecule has 0 amide bonds. The Morgan fingerprint density at radius 3 is 3.20 bits per heavy atom. The quantitative estimate of drug-likeness (QED) is 0.879. The van der Waals surface area contributed by atoms with Crippen molar-refractivity contribution < 1.29 is 0 Å². The third-order valence-corrected chi connectivity index (χ3v) is 4.25. The van der Waals surface area contributed by atoms with E-state index in [1.807, 2.05) is 0 Å². The predicted molar refractivity (Wildman–Crippen MR) is 78.7 cm³/mol. The molecule has 8 heteroatoms. The van der Waals surface area contributed by atoms with Crippen LogP contribution in [0.5, 0.6) is 0 Å². The molecule has 0 spiro atoms. The zero-order valence-corrected chi connectivity index (χ0v) is 12.4. The van der Waals surface area contributed by atoms with Crippen molar-refractivity contribution in [2.45, 2.75) is 38.6 Å². The number of nitrogens with two attached hydrogens (primary N) is 1. The van der Waals surface area contributed by atoms with Gasteiger partial charge in [-0.2, -0.15) is 4.98 Å². The Bertz CT molecular complexity index is 564. The van der Waals surface area contributed by atoms with Gasteiger partial charge in [-0.05, 0) is 30.8 Å². The Morgan fingerprint density at radius 2 is 2.40 bits per heavy atom. The third-order valence-electron chi connectivity index (χ3n) is 3.47. The number of aromatic amines is 1. The second kappa shape index (κ2) is 5.84. The number of nitrogens with zero attached hydrogens (tertiary/aromatic N) is 5. The summed E-state index contributed by atoms with van der Waals surface area (Å²) < 4.78 is 4.02. The van der Waals surface area contributed by atoms with Crippen LogP contribution in [0, 0.1) is 0 Å². The zero-order valence-electron chi connectivity index (χ0n) is 11.5. The molecular formula is C12H19N7S. The van der Waals surface area contributed by atoms with Crippen molar-refractivity contribution in [1.82, 2.24) is 24.8 Å². The molecule has 3 rings (SSSR count). The van der Waals surface area contributed by atoms with Crippen molar-refractivity contribution in [2.24, 2.45) is 5.73 Å². The van der Waals surface area contributed by atoms with Gasteiger partial charge in [0.2, 0.25) is 5.95 Å². The van der Waals surface area contributed by atoms with Gasteiger partial charge in [0, 0.05) is 19.1 Å². The Morgan fingerprint density at radius 1 is 1.50 bits per heavy atom. The number of hydrogen-bond acceptors (Lipinski definition) is 7. The van der Waals surface area contributed by atoms with Gasteiger partial charge >= 0.3 is 0 Å². The monoisotopic (exact) mass is 293 g/mol. The van der Waals surface area contributed by atoms with Crippen LogP contribution in [0.2, 0.25) is 0 Å². The fraction of sp³-hybridized carbons (Fsp3) is 0.667. The Balaban J connectivity index is 1.81. The van der Waals surface area contributed by atoms with E-state index in [1.165, 1.54) is 11.5 Å². The van der Waals surface area contributed by atoms with Crippen LogP contribution >= 0.6 is 11.5 Å². The van der Waals surface area contributed by atoms with Crippen LogP contribution in [0.4, 0.5) is 5.95 Å². The molecule has 1 unspecified atom stereocenters. The van der Waals surface area contributed by atoms with Crippen LogP contribution in [0.15, 0.2) is 0 Å². The van der Waals surface area contributed by atoms with Crippen molar-refractivity contribution >= 4 is 17.5 Å². The van der Waals surface area contributed by atoms with Gasteiger partial charge in [0.15, 0.2) is 5.82 Å². The van der Waals surface area contributed by atoms with Crippen LogP contribution in [-0.4, -0.2) is 43.9 Å². The molecule has 2 aromatic rings. The van der Waals surface area contributed by atoms with Crippen LogP contribution in [0.3, 0.4) is 0 Å². The number of anilines is 1. The van der Waals surface area contributed by atoms with E-state index in [0.717, 1.165) is 61.1 Å². The molecule has 1 saturated heterocycles. The summed E-state index contributed by atoms with van der Waals surface area (Å²) in [4.78, 5) is 7.72. The first kappa shape index (κ1) is 13.4. The van der Waals surface area contributed by atoms with Crippen LogP contribution < -0.4 is 10.6 Å². The first-order chi connectivity index (χ1) is 9.78. The summed E-state index contributed by atoms with van der Waals surface area (Å²) >= 11 is 1.37. The summed E-state index contributed by atoms with van der Waals surface area (Å²) in [7, 11) is 0. The van der Waals surface area contributed by atoms with E-state index < -0.39 is 0 Å². The van der Waals surface area contributed by atoms with E-state index in [0.29, 0.717) is 0 Å². The number of nitrogens with one attached hydrogen (secondary N) is 1. The minimum Gasteiger partial charge on any atom is -0.338 e. The molecule has 0 saturated carbocycles. The maximum absolute atomic E-state index is 6.00. The minimum absolute atomic E-state index is 0.214. The number of piperidine rings is 1. The zero-order chi connectivity index (χ0) is 13.9. The molecule has 0 aliphatic carbocycles. The van der Waals surface area contributed by atoms with E-state index in [4.69, 9.17) is 5.73 Å². The van der Waals surface area contributed by atoms with Crippen molar-refractivity contribution in [1.29, 1.82) is 0 Å². The normalized spacial score (nSPS) is 19.5. The fourth-order valence-corrected chi connectivity index (χ4v) is 3.12. The molecule has 7 nitrogen and oxygen atoms in total. The van der Waals surface area contributed by atoms with E-state index in [9.17, 15) is 0 Å². The maximum Gasteiger partial charge on any atom is 0.245 e. The second-order valence-corrected chi connectivity index (χ2v) is 5.89. The van der Waals surface area contributed by atoms with Crippen molar-refractivity contribution in [3.05, 3.63) is 5.69 Å². The highest BCUT2D eigenvalue weighted by molar-refractivity contribution is 7.09. The molecule has 108 valence electrons. The standard InChI is InChI=1S/C12H19N7S/c1-2-4-9-10(20-18-15-9)11-14-12(17-16-11)19-6-3-5-8(13)7-19/h8H,2-7,13H2,1H3,(H,14,16,17). The molecule has 3 N–H and O–H groups in total. The van der Waals surface area contributed by atoms with Gasteiger partial charge in [-0.1, -0.05) is 17.8 Å². The minimum atomic E-state index is 0.214. The summed E-state index contributed by atoms with van der Waals surface area (Å²) in [6.07, 6.45) is 4.12. The number of hydrogen-bond donors (Lipinski definition) is 2. The van der Waals surface area contributed by atoms with Gasteiger partial charge in [0.05, 0.1) is 5.69 Å². The smallest absolute Gasteiger partial charge is 0.245 e. The maximum atomic E-state index is 6.00. The molecule has 3 heterocycles. The molecule has 1 fully saturated rings. The van der Waals surface area contributed by atoms with Crippen molar-refractivity contribution in [3.8, 4) is 10.7 Å². The van der Waals surface area contributed by atoms with E-state index in [-0.39, 0.29) is 6.04 Å². The highest BCUT2D eigenvalue weighted by Crippen LogP contribution is 2.25. The van der Waals surface area contributed by atoms with Gasteiger partial charge in [0.1, 0.15) is 4.88 Å². The molecule has 2 aromatic heterocycles. The summed E-state index contributed by atoms with van der Waals surface area (Å²) in [5.74, 6) is 1.49. The summed E-state index contributed by atoms with van der Waals surface area (Å²) in [6, 6.07) is 0.214. The van der Waals surface area contributed by atoms with E-state index >= 15 is 0 Å². The highest BCUT2D eigenvalue weighted by atomic mass is 32.1. The van der Waals surface area contributed by atoms with Gasteiger partial charge < -0.3 is 10.6 Å². The topological polar surface area (TPSA) is 96.6 Å². The lowest BCUT2D eigenvalue weighted by atomic mass is 10.1. The number of H-pyrrole nitrogens is 1. The summed E-state index contributed by atoms with van der Waals surface area (Å²) in [5.41, 5.74) is 7.00. The molecule has 1 atom stereocenters. The summed E-state index contributed by atoms with van der Waals surface area (Å²) in [6.45, 7) is 3.91. The molecule has 0 bridgehead atoms. The number of rotatable bonds is 4. The third kappa shape index (κ3) is 2.66. The largest absolute Gasteiger partial charge is 0.338 e. The lowest BCUT2D eigenvalue weighted by Gasteiger charge is -2.29. The number of aromatic nitrogens is 5. The second-order valence-electron chi connectivity index (χ2n) is 5.13. The van der Waals surface area contributed by atoms with Gasteiger partial charge in [-0.3, -0.25) is 5.10 Å². The first-order valence-corrected chi connectivity index (χ1v) is 7.79. The Hall–Kier alpha value is -1.54. The van der Waals surface area contributed by atoms with Crippen LogP contribution in [0.1, 0.15) is 31.9 Å². The van der Waals surface area contributed by atoms with Gasteiger partial charge in [-0.15, -0.1) is 10.2 Å². The number of aryl methyl sites for hydroxylation is 1. The average molecular weight is 293 g/mol. The van der Waals surface area contributed by atoms with Crippen LogP contribution in [-0.2, 0) is 6.42 Å². The van der Waals surface area contributed by atoms with Gasteiger partial charge in [0.25, 0.3) is 0 Å². The predicted octanol–water partition coefficient (Wildman–Crippen LogP) is 1.20. The van der Waals surface area contributed by atoms with Crippen molar-refractivity contribution in [2.75, 3.05) is 18.0 Å². The fourth-order valence-electron chi connectivity index (χ4n) is 2.48. The SMILES string of the molecule is CCCc1nnsc1-c1nc(N2CCCC(N)C2)n[nH]1. The van der Waals surface area contributed by atoms with Crippen molar-refractivity contribution in [3.63, 3.8) is 0 Å². The molecule has 0 radical (unpaired) electrons. The molecular weight excluding hydrogens is 274 g/mol. The highest BCUT2D eigenvalue weighted by Gasteiger charge is 2.21. The molecule has 20 heavy (non-hydrogen) atoms. The molecule has 0 aromatic carbocycles. The van der Waals surface area contributed by atoms with E-state index in [1.54, 1.807) is 0 Å². The average Bonchev–Trinajstić information content (AvgIpc) is 3.07.